The second kappa shape index (κ2) is 5.41. The van der Waals surface area contributed by atoms with Crippen molar-refractivity contribution in [3.63, 3.8) is 0 Å². The molecular weight excluding hydrogens is 236 g/mol. The summed E-state index contributed by atoms with van der Waals surface area (Å²) in [7, 11) is 0. The highest BCUT2D eigenvalue weighted by molar-refractivity contribution is 5.79. The van der Waals surface area contributed by atoms with Crippen molar-refractivity contribution in [3.8, 4) is 5.75 Å². The molecule has 3 rings (SSSR count). The van der Waals surface area contributed by atoms with Gasteiger partial charge in [-0.05, 0) is 36.6 Å². The summed E-state index contributed by atoms with van der Waals surface area (Å²) in [6, 6.07) is 10.7. The van der Waals surface area contributed by atoms with E-state index in [9.17, 15) is 0 Å². The van der Waals surface area contributed by atoms with Crippen LogP contribution in [0.15, 0.2) is 48.7 Å². The Morgan fingerprint density at radius 1 is 1.37 bits per heavy atom. The lowest BCUT2D eigenvalue weighted by Gasteiger charge is -2.10. The molecule has 1 aliphatic rings. The van der Waals surface area contributed by atoms with E-state index in [0.29, 0.717) is 12.6 Å². The molecule has 1 aromatic heterocycles. The van der Waals surface area contributed by atoms with Crippen LogP contribution in [0, 0.1) is 0 Å². The van der Waals surface area contributed by atoms with Crippen LogP contribution in [0.5, 0.6) is 5.75 Å². The Morgan fingerprint density at radius 2 is 2.26 bits per heavy atom. The molecule has 1 fully saturated rings. The molecule has 0 amide bonds. The van der Waals surface area contributed by atoms with Gasteiger partial charge in [0, 0.05) is 30.2 Å². The van der Waals surface area contributed by atoms with Gasteiger partial charge in [0.15, 0.2) is 0 Å². The first-order valence-electron chi connectivity index (χ1n) is 6.69. The zero-order valence-electron chi connectivity index (χ0n) is 10.9. The Hall–Kier alpha value is -1.87. The quantitative estimate of drug-likeness (QED) is 0.805. The van der Waals surface area contributed by atoms with Crippen molar-refractivity contribution in [3.05, 3.63) is 48.7 Å². The molecule has 19 heavy (non-hydrogen) atoms. The molecular formula is C16H18N2O. The van der Waals surface area contributed by atoms with Gasteiger partial charge in [-0.3, -0.25) is 4.98 Å². The maximum atomic E-state index is 5.75. The summed E-state index contributed by atoms with van der Waals surface area (Å²) >= 11 is 0. The first kappa shape index (κ1) is 12.2. The summed E-state index contributed by atoms with van der Waals surface area (Å²) < 4.78 is 5.75. The van der Waals surface area contributed by atoms with Gasteiger partial charge in [0.2, 0.25) is 0 Å². The van der Waals surface area contributed by atoms with E-state index < -0.39 is 0 Å². The van der Waals surface area contributed by atoms with Crippen molar-refractivity contribution in [1.82, 2.24) is 10.3 Å². The Bertz CT molecular complexity index is 590. The highest BCUT2D eigenvalue weighted by atomic mass is 16.5. The first-order valence-corrected chi connectivity index (χ1v) is 6.69. The molecule has 0 aliphatic heterocycles. The fourth-order valence-electron chi connectivity index (χ4n) is 1.95. The van der Waals surface area contributed by atoms with Crippen molar-refractivity contribution < 1.29 is 4.74 Å². The van der Waals surface area contributed by atoms with E-state index in [1.165, 1.54) is 12.8 Å². The van der Waals surface area contributed by atoms with E-state index in [1.54, 1.807) is 6.20 Å². The standard InChI is InChI=1S/C16H18N2O/c1-12(10-18-14-5-6-14)11-19-15-7-4-13-3-2-8-17-16(13)9-15/h2-4,7-9,14,18H,1,5-6,10-11H2. The lowest BCUT2D eigenvalue weighted by atomic mass is 10.2. The predicted molar refractivity (Wildman–Crippen MR) is 77.4 cm³/mol. The van der Waals surface area contributed by atoms with Crippen LogP contribution in [0.25, 0.3) is 10.9 Å². The molecule has 0 spiro atoms. The molecule has 1 aliphatic carbocycles. The fourth-order valence-corrected chi connectivity index (χ4v) is 1.95. The number of hydrogen-bond donors (Lipinski definition) is 1. The Balaban J connectivity index is 1.56. The number of hydrogen-bond acceptors (Lipinski definition) is 3. The highest BCUT2D eigenvalue weighted by Gasteiger charge is 2.20. The zero-order valence-corrected chi connectivity index (χ0v) is 10.9. The molecule has 3 heteroatoms. The summed E-state index contributed by atoms with van der Waals surface area (Å²) in [5, 5.41) is 4.56. The fraction of sp³-hybridized carbons (Fsp3) is 0.312. The highest BCUT2D eigenvalue weighted by Crippen LogP contribution is 2.20. The molecule has 2 aromatic rings. The van der Waals surface area contributed by atoms with Crippen molar-refractivity contribution >= 4 is 10.9 Å². The maximum absolute atomic E-state index is 5.75. The van der Waals surface area contributed by atoms with Gasteiger partial charge in [-0.15, -0.1) is 0 Å². The minimum absolute atomic E-state index is 0.554. The molecule has 1 N–H and O–H groups in total. The molecule has 0 atom stereocenters. The van der Waals surface area contributed by atoms with E-state index in [1.807, 2.05) is 30.3 Å². The summed E-state index contributed by atoms with van der Waals surface area (Å²) in [4.78, 5) is 4.32. The number of pyridine rings is 1. The number of ether oxygens (including phenoxy) is 1. The second-order valence-corrected chi connectivity index (χ2v) is 5.05. The van der Waals surface area contributed by atoms with Crippen LogP contribution in [-0.4, -0.2) is 24.2 Å². The molecule has 1 aromatic carbocycles. The topological polar surface area (TPSA) is 34.1 Å². The third kappa shape index (κ3) is 3.32. The van der Waals surface area contributed by atoms with Gasteiger partial charge in [-0.25, -0.2) is 0 Å². The first-order chi connectivity index (χ1) is 9.31. The minimum atomic E-state index is 0.554. The van der Waals surface area contributed by atoms with Crippen LogP contribution < -0.4 is 10.1 Å². The van der Waals surface area contributed by atoms with E-state index in [2.05, 4.69) is 16.9 Å². The molecule has 1 heterocycles. The normalized spacial score (nSPS) is 14.5. The smallest absolute Gasteiger partial charge is 0.121 e. The van der Waals surface area contributed by atoms with Crippen molar-refractivity contribution in [1.29, 1.82) is 0 Å². The van der Waals surface area contributed by atoms with Gasteiger partial charge in [-0.1, -0.05) is 12.6 Å². The van der Waals surface area contributed by atoms with Gasteiger partial charge < -0.3 is 10.1 Å². The minimum Gasteiger partial charge on any atom is -0.489 e. The van der Waals surface area contributed by atoms with Crippen LogP contribution in [0.1, 0.15) is 12.8 Å². The summed E-state index contributed by atoms with van der Waals surface area (Å²) in [6.45, 7) is 5.43. The zero-order chi connectivity index (χ0) is 13.1. The van der Waals surface area contributed by atoms with E-state index >= 15 is 0 Å². The van der Waals surface area contributed by atoms with Crippen LogP contribution in [0.2, 0.25) is 0 Å². The largest absolute Gasteiger partial charge is 0.489 e. The van der Waals surface area contributed by atoms with Crippen LogP contribution >= 0.6 is 0 Å². The van der Waals surface area contributed by atoms with Crippen molar-refractivity contribution in [2.45, 2.75) is 18.9 Å². The van der Waals surface area contributed by atoms with Gasteiger partial charge in [0.05, 0.1) is 5.52 Å². The Labute approximate surface area is 113 Å². The number of nitrogens with zero attached hydrogens (tertiary/aromatic N) is 1. The molecule has 1 saturated carbocycles. The third-order valence-electron chi connectivity index (χ3n) is 3.24. The average Bonchev–Trinajstić information content (AvgIpc) is 3.27. The molecule has 3 nitrogen and oxygen atoms in total. The van der Waals surface area contributed by atoms with E-state index in [0.717, 1.165) is 28.8 Å². The van der Waals surface area contributed by atoms with E-state index in [-0.39, 0.29) is 0 Å². The summed E-state index contributed by atoms with van der Waals surface area (Å²) in [5.41, 5.74) is 2.04. The van der Waals surface area contributed by atoms with E-state index in [4.69, 9.17) is 4.74 Å². The average molecular weight is 254 g/mol. The third-order valence-corrected chi connectivity index (χ3v) is 3.24. The number of rotatable bonds is 6. The van der Waals surface area contributed by atoms with Crippen molar-refractivity contribution in [2.24, 2.45) is 0 Å². The number of aromatic nitrogens is 1. The second-order valence-electron chi connectivity index (χ2n) is 5.05. The molecule has 0 unspecified atom stereocenters. The summed E-state index contributed by atoms with van der Waals surface area (Å²) in [5.74, 6) is 0.846. The maximum Gasteiger partial charge on any atom is 0.121 e. The Kier molecular flexibility index (Phi) is 3.47. The van der Waals surface area contributed by atoms with Gasteiger partial charge in [-0.2, -0.15) is 0 Å². The van der Waals surface area contributed by atoms with Crippen LogP contribution in [0.3, 0.4) is 0 Å². The molecule has 0 radical (unpaired) electrons. The predicted octanol–water partition coefficient (Wildman–Crippen LogP) is 2.92. The monoisotopic (exact) mass is 254 g/mol. The lowest BCUT2D eigenvalue weighted by Crippen LogP contribution is -2.21. The number of benzene rings is 1. The number of fused-ring (bicyclic) bond motifs is 1. The Morgan fingerprint density at radius 3 is 3.11 bits per heavy atom. The van der Waals surface area contributed by atoms with Gasteiger partial charge in [0.25, 0.3) is 0 Å². The summed E-state index contributed by atoms with van der Waals surface area (Å²) in [6.07, 6.45) is 4.39. The van der Waals surface area contributed by atoms with Gasteiger partial charge in [0.1, 0.15) is 12.4 Å². The van der Waals surface area contributed by atoms with Crippen molar-refractivity contribution in [2.75, 3.05) is 13.2 Å². The molecule has 0 saturated heterocycles. The molecule has 0 bridgehead atoms. The molecule has 98 valence electrons. The van der Waals surface area contributed by atoms with Crippen LogP contribution in [-0.2, 0) is 0 Å². The lowest BCUT2D eigenvalue weighted by molar-refractivity contribution is 0.348. The SMILES string of the molecule is C=C(CNC1CC1)COc1ccc2cccnc2c1. The number of nitrogens with one attached hydrogen (secondary N) is 1. The van der Waals surface area contributed by atoms with Crippen LogP contribution in [0.4, 0.5) is 0 Å². The van der Waals surface area contributed by atoms with Gasteiger partial charge >= 0.3 is 0 Å².